The van der Waals surface area contributed by atoms with E-state index in [0.29, 0.717) is 35.3 Å². The standard InChI is InChI=1S/C23H20N4O3S/c1-29-19-8-2-5-16(11-19)12-21-26-23(31-27-21)30-20-9-3-7-18(13-20)22(28)25-15-17-6-4-10-24-14-17/h2-11,13-14H,12,15H2,1H3,(H,25,28). The molecule has 0 radical (unpaired) electrons. The van der Waals surface area contributed by atoms with Crippen molar-refractivity contribution in [3.8, 4) is 16.7 Å². The van der Waals surface area contributed by atoms with Crippen LogP contribution in [0, 0.1) is 0 Å². The number of hydrogen-bond acceptors (Lipinski definition) is 7. The third-order valence-corrected chi connectivity index (χ3v) is 5.06. The second-order valence-corrected chi connectivity index (χ2v) is 7.39. The van der Waals surface area contributed by atoms with Crippen LogP contribution >= 0.6 is 11.5 Å². The van der Waals surface area contributed by atoms with Crippen LogP contribution in [0.1, 0.15) is 27.3 Å². The molecule has 2 aromatic heterocycles. The van der Waals surface area contributed by atoms with E-state index in [1.54, 1.807) is 43.8 Å². The molecular formula is C23H20N4O3S. The Morgan fingerprint density at radius 3 is 2.71 bits per heavy atom. The molecule has 7 nitrogen and oxygen atoms in total. The van der Waals surface area contributed by atoms with E-state index in [4.69, 9.17) is 9.47 Å². The minimum Gasteiger partial charge on any atom is -0.497 e. The van der Waals surface area contributed by atoms with E-state index >= 15 is 0 Å². The van der Waals surface area contributed by atoms with E-state index in [9.17, 15) is 4.79 Å². The number of rotatable bonds is 8. The third-order valence-electron chi connectivity index (χ3n) is 4.42. The van der Waals surface area contributed by atoms with Crippen LogP contribution in [0.2, 0.25) is 0 Å². The van der Waals surface area contributed by atoms with Gasteiger partial charge in [0, 0.05) is 42.5 Å². The average Bonchev–Trinajstić information content (AvgIpc) is 3.25. The smallest absolute Gasteiger partial charge is 0.298 e. The van der Waals surface area contributed by atoms with Gasteiger partial charge in [0.15, 0.2) is 5.82 Å². The number of benzene rings is 2. The SMILES string of the molecule is COc1cccc(Cc2nsc(Oc3cccc(C(=O)NCc4cccnc4)c3)n2)c1. The van der Waals surface area contributed by atoms with Crippen LogP contribution in [-0.2, 0) is 13.0 Å². The number of methoxy groups -OCH3 is 1. The van der Waals surface area contributed by atoms with E-state index in [2.05, 4.69) is 19.7 Å². The second-order valence-electron chi connectivity index (χ2n) is 6.68. The molecule has 0 atom stereocenters. The summed E-state index contributed by atoms with van der Waals surface area (Å²) >= 11 is 1.17. The Hall–Kier alpha value is -3.78. The van der Waals surface area contributed by atoms with Gasteiger partial charge in [0.1, 0.15) is 11.5 Å². The quantitative estimate of drug-likeness (QED) is 0.448. The topological polar surface area (TPSA) is 86.2 Å². The van der Waals surface area contributed by atoms with Gasteiger partial charge in [-0.25, -0.2) is 0 Å². The first-order valence-corrected chi connectivity index (χ1v) is 10.4. The minimum absolute atomic E-state index is 0.190. The van der Waals surface area contributed by atoms with E-state index < -0.39 is 0 Å². The van der Waals surface area contributed by atoms with Gasteiger partial charge in [0.25, 0.3) is 11.1 Å². The summed E-state index contributed by atoms with van der Waals surface area (Å²) in [4.78, 5) is 20.9. The molecule has 8 heteroatoms. The Labute approximate surface area is 183 Å². The first-order valence-electron chi connectivity index (χ1n) is 9.60. The number of hydrogen-bond donors (Lipinski definition) is 1. The molecule has 0 saturated carbocycles. The molecular weight excluding hydrogens is 412 g/mol. The Morgan fingerprint density at radius 1 is 1.03 bits per heavy atom. The van der Waals surface area contributed by atoms with Gasteiger partial charge < -0.3 is 14.8 Å². The van der Waals surface area contributed by atoms with Gasteiger partial charge in [-0.1, -0.05) is 24.3 Å². The molecule has 4 rings (SSSR count). The van der Waals surface area contributed by atoms with Crippen molar-refractivity contribution in [1.82, 2.24) is 19.7 Å². The average molecular weight is 433 g/mol. The van der Waals surface area contributed by atoms with Gasteiger partial charge in [-0.3, -0.25) is 9.78 Å². The summed E-state index contributed by atoms with van der Waals surface area (Å²) in [6, 6.07) is 18.5. The lowest BCUT2D eigenvalue weighted by Gasteiger charge is -2.07. The number of carbonyl (C=O) groups excluding carboxylic acids is 1. The molecule has 4 aromatic rings. The van der Waals surface area contributed by atoms with Crippen molar-refractivity contribution in [1.29, 1.82) is 0 Å². The van der Waals surface area contributed by atoms with Crippen molar-refractivity contribution < 1.29 is 14.3 Å². The number of pyridine rings is 1. The van der Waals surface area contributed by atoms with Crippen molar-refractivity contribution in [3.05, 3.63) is 95.6 Å². The molecule has 2 aromatic carbocycles. The maximum atomic E-state index is 12.5. The zero-order valence-electron chi connectivity index (χ0n) is 16.8. The Bertz CT molecular complexity index is 1160. The summed E-state index contributed by atoms with van der Waals surface area (Å²) in [7, 11) is 1.64. The number of nitrogens with zero attached hydrogens (tertiary/aromatic N) is 3. The zero-order chi connectivity index (χ0) is 21.5. The van der Waals surface area contributed by atoms with Crippen LogP contribution < -0.4 is 14.8 Å². The van der Waals surface area contributed by atoms with Gasteiger partial charge in [-0.2, -0.15) is 9.36 Å². The summed E-state index contributed by atoms with van der Waals surface area (Å²) < 4.78 is 15.4. The van der Waals surface area contributed by atoms with Crippen molar-refractivity contribution in [2.24, 2.45) is 0 Å². The van der Waals surface area contributed by atoms with Crippen molar-refractivity contribution >= 4 is 17.4 Å². The highest BCUT2D eigenvalue weighted by atomic mass is 32.1. The van der Waals surface area contributed by atoms with Gasteiger partial charge in [-0.05, 0) is 47.5 Å². The largest absolute Gasteiger partial charge is 0.497 e. The lowest BCUT2D eigenvalue weighted by molar-refractivity contribution is 0.0950. The van der Waals surface area contributed by atoms with E-state index in [-0.39, 0.29) is 5.91 Å². The Balaban J connectivity index is 1.38. The fourth-order valence-corrected chi connectivity index (χ4v) is 3.47. The fraction of sp³-hybridized carbons (Fsp3) is 0.130. The lowest BCUT2D eigenvalue weighted by atomic mass is 10.1. The van der Waals surface area contributed by atoms with Crippen molar-refractivity contribution in [2.45, 2.75) is 13.0 Å². The monoisotopic (exact) mass is 432 g/mol. The van der Waals surface area contributed by atoms with Crippen LogP contribution in [0.4, 0.5) is 0 Å². The molecule has 1 amide bonds. The molecule has 2 heterocycles. The Kier molecular flexibility index (Phi) is 6.49. The summed E-state index contributed by atoms with van der Waals surface area (Å²) in [5, 5.41) is 3.30. The highest BCUT2D eigenvalue weighted by molar-refractivity contribution is 7.07. The van der Waals surface area contributed by atoms with Crippen LogP contribution in [-0.4, -0.2) is 27.4 Å². The molecule has 31 heavy (non-hydrogen) atoms. The first kappa shape index (κ1) is 20.5. The van der Waals surface area contributed by atoms with Gasteiger partial charge >= 0.3 is 0 Å². The van der Waals surface area contributed by atoms with E-state index in [1.165, 1.54) is 11.5 Å². The van der Waals surface area contributed by atoms with Gasteiger partial charge in [0.05, 0.1) is 7.11 Å². The molecule has 0 aliphatic heterocycles. The van der Waals surface area contributed by atoms with E-state index in [0.717, 1.165) is 16.9 Å². The lowest BCUT2D eigenvalue weighted by Crippen LogP contribution is -2.22. The second kappa shape index (κ2) is 9.82. The van der Waals surface area contributed by atoms with Crippen molar-refractivity contribution in [2.75, 3.05) is 7.11 Å². The third kappa shape index (κ3) is 5.64. The summed E-state index contributed by atoms with van der Waals surface area (Å²) in [5.74, 6) is 1.80. The molecule has 0 bridgehead atoms. The summed E-state index contributed by atoms with van der Waals surface area (Å²) in [6.45, 7) is 0.405. The number of carbonyl (C=O) groups is 1. The highest BCUT2D eigenvalue weighted by Crippen LogP contribution is 2.25. The predicted molar refractivity (Wildman–Crippen MR) is 118 cm³/mol. The van der Waals surface area contributed by atoms with Gasteiger partial charge in [0.2, 0.25) is 0 Å². The fourth-order valence-electron chi connectivity index (χ4n) is 2.90. The molecule has 0 aliphatic rings. The van der Waals surface area contributed by atoms with Crippen molar-refractivity contribution in [3.63, 3.8) is 0 Å². The number of amides is 1. The molecule has 0 spiro atoms. The normalized spacial score (nSPS) is 10.5. The molecule has 0 saturated heterocycles. The van der Waals surface area contributed by atoms with Gasteiger partial charge in [-0.15, -0.1) is 0 Å². The molecule has 0 unspecified atom stereocenters. The number of nitrogens with one attached hydrogen (secondary N) is 1. The van der Waals surface area contributed by atoms with E-state index in [1.807, 2.05) is 36.4 Å². The summed E-state index contributed by atoms with van der Waals surface area (Å²) in [5.41, 5.74) is 2.49. The molecule has 156 valence electrons. The van der Waals surface area contributed by atoms with Crippen LogP contribution in [0.15, 0.2) is 73.1 Å². The number of aromatic nitrogens is 3. The first-order chi connectivity index (χ1) is 15.2. The maximum absolute atomic E-state index is 12.5. The molecule has 1 N–H and O–H groups in total. The maximum Gasteiger partial charge on any atom is 0.298 e. The molecule has 0 aliphatic carbocycles. The zero-order valence-corrected chi connectivity index (χ0v) is 17.6. The highest BCUT2D eigenvalue weighted by Gasteiger charge is 2.11. The predicted octanol–water partition coefficient (Wildman–Crippen LogP) is 4.25. The van der Waals surface area contributed by atoms with Crippen LogP contribution in [0.5, 0.6) is 16.7 Å². The summed E-state index contributed by atoms with van der Waals surface area (Å²) in [6.07, 6.45) is 3.99. The van der Waals surface area contributed by atoms with Crippen LogP contribution in [0.25, 0.3) is 0 Å². The Morgan fingerprint density at radius 2 is 1.87 bits per heavy atom. The molecule has 0 fully saturated rings. The number of ether oxygens (including phenoxy) is 2. The van der Waals surface area contributed by atoms with Crippen LogP contribution in [0.3, 0.4) is 0 Å². The minimum atomic E-state index is -0.190.